The van der Waals surface area contributed by atoms with Crippen molar-refractivity contribution < 1.29 is 0 Å². The van der Waals surface area contributed by atoms with Gasteiger partial charge >= 0.3 is 0 Å². The molecule has 0 aliphatic heterocycles. The third-order valence-corrected chi connectivity index (χ3v) is 2.69. The molecule has 0 atom stereocenters. The first-order chi connectivity index (χ1) is 7.88. The molecular formula is C11H12N4S. The van der Waals surface area contributed by atoms with Crippen LogP contribution in [0.3, 0.4) is 0 Å². The zero-order valence-electron chi connectivity index (χ0n) is 8.92. The van der Waals surface area contributed by atoms with Crippen molar-refractivity contribution in [1.82, 2.24) is 15.0 Å². The normalized spacial score (nSPS) is 10.1. The van der Waals surface area contributed by atoms with Gasteiger partial charge in [0, 0.05) is 25.1 Å². The third-order valence-electron chi connectivity index (χ3n) is 2.05. The van der Waals surface area contributed by atoms with Crippen molar-refractivity contribution in [3.63, 3.8) is 0 Å². The first kappa shape index (κ1) is 10.9. The molecule has 0 radical (unpaired) electrons. The van der Waals surface area contributed by atoms with Gasteiger partial charge in [-0.15, -0.1) is 11.8 Å². The third kappa shape index (κ3) is 2.93. The number of nitrogens with one attached hydrogen (secondary N) is 1. The highest BCUT2D eigenvalue weighted by Gasteiger charge is 1.97. The molecule has 0 aliphatic carbocycles. The van der Waals surface area contributed by atoms with E-state index in [4.69, 9.17) is 0 Å². The topological polar surface area (TPSA) is 50.7 Å². The van der Waals surface area contributed by atoms with Crippen LogP contribution in [0.25, 0.3) is 0 Å². The van der Waals surface area contributed by atoms with Crippen LogP contribution in [0.1, 0.15) is 5.56 Å². The Hall–Kier alpha value is -1.62. The summed E-state index contributed by atoms with van der Waals surface area (Å²) in [5.74, 6) is 0.782. The van der Waals surface area contributed by atoms with Gasteiger partial charge in [0.25, 0.3) is 0 Å². The minimum atomic E-state index is 0.731. The second-order valence-electron chi connectivity index (χ2n) is 3.15. The summed E-state index contributed by atoms with van der Waals surface area (Å²) in [7, 11) is 0. The number of nitrogens with zero attached hydrogens (tertiary/aromatic N) is 3. The lowest BCUT2D eigenvalue weighted by Gasteiger charge is -2.05. The van der Waals surface area contributed by atoms with Gasteiger partial charge in [0.1, 0.15) is 5.82 Å². The molecule has 0 fully saturated rings. The summed E-state index contributed by atoms with van der Waals surface area (Å²) in [6.45, 7) is 0.731. The molecule has 1 N–H and O–H groups in total. The largest absolute Gasteiger partial charge is 0.365 e. The molecule has 2 rings (SSSR count). The average molecular weight is 232 g/mol. The fourth-order valence-corrected chi connectivity index (χ4v) is 1.69. The monoisotopic (exact) mass is 232 g/mol. The molecule has 0 aromatic carbocycles. The van der Waals surface area contributed by atoms with Crippen LogP contribution in [0.5, 0.6) is 0 Å². The van der Waals surface area contributed by atoms with Crippen molar-refractivity contribution >= 4 is 17.6 Å². The van der Waals surface area contributed by atoms with E-state index < -0.39 is 0 Å². The number of rotatable bonds is 4. The molecule has 2 aromatic rings. The van der Waals surface area contributed by atoms with Crippen LogP contribution in [0.4, 0.5) is 5.82 Å². The molecule has 0 saturated carbocycles. The molecular weight excluding hydrogens is 220 g/mol. The maximum atomic E-state index is 4.22. The molecule has 0 spiro atoms. The van der Waals surface area contributed by atoms with Crippen molar-refractivity contribution in [3.05, 3.63) is 42.5 Å². The quantitative estimate of drug-likeness (QED) is 0.819. The smallest absolute Gasteiger partial charge is 0.144 e. The Morgan fingerprint density at radius 2 is 2.19 bits per heavy atom. The van der Waals surface area contributed by atoms with Crippen LogP contribution in [-0.2, 0) is 6.54 Å². The highest BCUT2D eigenvalue weighted by molar-refractivity contribution is 7.98. The Morgan fingerprint density at radius 1 is 1.25 bits per heavy atom. The number of pyridine rings is 1. The van der Waals surface area contributed by atoms with Gasteiger partial charge in [-0.05, 0) is 24.0 Å². The number of hydrogen-bond acceptors (Lipinski definition) is 5. The van der Waals surface area contributed by atoms with Crippen LogP contribution in [0, 0.1) is 0 Å². The Morgan fingerprint density at radius 3 is 2.94 bits per heavy atom. The van der Waals surface area contributed by atoms with E-state index in [1.54, 1.807) is 30.4 Å². The highest BCUT2D eigenvalue weighted by Crippen LogP contribution is 2.13. The van der Waals surface area contributed by atoms with E-state index in [1.165, 1.54) is 5.56 Å². The van der Waals surface area contributed by atoms with E-state index in [9.17, 15) is 0 Å². The summed E-state index contributed by atoms with van der Waals surface area (Å²) < 4.78 is 0. The lowest BCUT2D eigenvalue weighted by atomic mass is 10.3. The van der Waals surface area contributed by atoms with E-state index in [0.29, 0.717) is 0 Å². The van der Waals surface area contributed by atoms with Gasteiger partial charge in [-0.2, -0.15) is 0 Å². The highest BCUT2D eigenvalue weighted by atomic mass is 32.2. The van der Waals surface area contributed by atoms with E-state index >= 15 is 0 Å². The van der Waals surface area contributed by atoms with Gasteiger partial charge in [-0.3, -0.25) is 4.98 Å². The molecule has 0 unspecified atom stereocenters. The van der Waals surface area contributed by atoms with Crippen LogP contribution in [-0.4, -0.2) is 21.2 Å². The summed E-state index contributed by atoms with van der Waals surface area (Å²) in [4.78, 5) is 12.4. The molecule has 4 nitrogen and oxygen atoms in total. The fraction of sp³-hybridized carbons (Fsp3) is 0.182. The predicted molar refractivity (Wildman–Crippen MR) is 65.4 cm³/mol. The van der Waals surface area contributed by atoms with Crippen molar-refractivity contribution in [3.8, 4) is 0 Å². The van der Waals surface area contributed by atoms with Crippen molar-refractivity contribution in [1.29, 1.82) is 0 Å². The Labute approximate surface area is 98.6 Å². The Kier molecular flexibility index (Phi) is 3.71. The van der Waals surface area contributed by atoms with E-state index in [0.717, 1.165) is 17.4 Å². The van der Waals surface area contributed by atoms with Gasteiger partial charge in [0.05, 0.1) is 11.2 Å². The zero-order chi connectivity index (χ0) is 11.2. The molecule has 0 saturated heterocycles. The molecule has 5 heteroatoms. The number of aromatic nitrogens is 3. The first-order valence-electron chi connectivity index (χ1n) is 4.87. The maximum absolute atomic E-state index is 4.22. The van der Waals surface area contributed by atoms with Crippen LogP contribution in [0.2, 0.25) is 0 Å². The molecule has 16 heavy (non-hydrogen) atoms. The van der Waals surface area contributed by atoms with Gasteiger partial charge in [0.2, 0.25) is 0 Å². The summed E-state index contributed by atoms with van der Waals surface area (Å²) in [5, 5.41) is 4.23. The standard InChI is InChI=1S/C11H12N4S/c1-16-11-6-9(2-3-14-11)7-15-10-8-12-4-5-13-10/h2-6,8H,7H2,1H3,(H,13,15). The molecule has 0 amide bonds. The predicted octanol–water partition coefficient (Wildman–Crippen LogP) is 2.21. The molecule has 0 bridgehead atoms. The second kappa shape index (κ2) is 5.46. The van der Waals surface area contributed by atoms with Crippen molar-refractivity contribution in [2.45, 2.75) is 11.6 Å². The Bertz CT molecular complexity index is 447. The van der Waals surface area contributed by atoms with Crippen LogP contribution in [0.15, 0.2) is 41.9 Å². The summed E-state index contributed by atoms with van der Waals surface area (Å²) in [6, 6.07) is 4.05. The van der Waals surface area contributed by atoms with Gasteiger partial charge in [-0.1, -0.05) is 0 Å². The summed E-state index contributed by atoms with van der Waals surface area (Å²) in [6.07, 6.45) is 8.87. The SMILES string of the molecule is CSc1cc(CNc2cnccn2)ccn1. The fourth-order valence-electron chi connectivity index (χ4n) is 1.26. The van der Waals surface area contributed by atoms with Crippen LogP contribution >= 0.6 is 11.8 Å². The molecule has 2 heterocycles. The zero-order valence-corrected chi connectivity index (χ0v) is 9.74. The maximum Gasteiger partial charge on any atom is 0.144 e. The average Bonchev–Trinajstić information content (AvgIpc) is 2.38. The van der Waals surface area contributed by atoms with Gasteiger partial charge in [-0.25, -0.2) is 9.97 Å². The van der Waals surface area contributed by atoms with Gasteiger partial charge < -0.3 is 5.32 Å². The summed E-state index contributed by atoms with van der Waals surface area (Å²) >= 11 is 1.64. The van der Waals surface area contributed by atoms with E-state index in [1.807, 2.05) is 18.5 Å². The van der Waals surface area contributed by atoms with Gasteiger partial charge in [0.15, 0.2) is 0 Å². The number of anilines is 1. The van der Waals surface area contributed by atoms with E-state index in [-0.39, 0.29) is 0 Å². The van der Waals surface area contributed by atoms with E-state index in [2.05, 4.69) is 26.3 Å². The molecule has 82 valence electrons. The minimum Gasteiger partial charge on any atom is -0.365 e. The first-order valence-corrected chi connectivity index (χ1v) is 6.10. The Balaban J connectivity index is 1.99. The molecule has 0 aliphatic rings. The van der Waals surface area contributed by atoms with Crippen LogP contribution < -0.4 is 5.32 Å². The van der Waals surface area contributed by atoms with Crippen molar-refractivity contribution in [2.75, 3.05) is 11.6 Å². The minimum absolute atomic E-state index is 0.731. The summed E-state index contributed by atoms with van der Waals surface area (Å²) in [5.41, 5.74) is 1.19. The lowest BCUT2D eigenvalue weighted by molar-refractivity contribution is 1.04. The number of thioether (sulfide) groups is 1. The number of hydrogen-bond donors (Lipinski definition) is 1. The lowest BCUT2D eigenvalue weighted by Crippen LogP contribution is -2.01. The molecule has 2 aromatic heterocycles. The van der Waals surface area contributed by atoms with Crippen molar-refractivity contribution in [2.24, 2.45) is 0 Å². The second-order valence-corrected chi connectivity index (χ2v) is 3.98.